The Morgan fingerprint density at radius 1 is 1.03 bits per heavy atom. The van der Waals surface area contributed by atoms with Crippen molar-refractivity contribution >= 4 is 28.0 Å². The zero-order valence-electron chi connectivity index (χ0n) is 20.7. The van der Waals surface area contributed by atoms with E-state index < -0.39 is 40.1 Å². The largest absolute Gasteiger partial charge is 0.480 e. The van der Waals surface area contributed by atoms with Gasteiger partial charge in [-0.3, -0.25) is 4.79 Å². The molecule has 0 radical (unpaired) electrons. The lowest BCUT2D eigenvalue weighted by Crippen LogP contribution is -2.63. The fraction of sp³-hybridized carbons (Fsp3) is 0.423. The summed E-state index contributed by atoms with van der Waals surface area (Å²) in [5.74, 6) is -1.70. The Balaban J connectivity index is 1.51. The van der Waals surface area contributed by atoms with E-state index in [0.717, 1.165) is 0 Å². The molecule has 1 aliphatic carbocycles. The number of hydrogen-bond donors (Lipinski definition) is 2. The van der Waals surface area contributed by atoms with Crippen LogP contribution in [-0.4, -0.2) is 72.9 Å². The van der Waals surface area contributed by atoms with Gasteiger partial charge in [0.1, 0.15) is 17.8 Å². The first-order valence-electron chi connectivity index (χ1n) is 12.2. The number of fused-ring (bicyclic) bond motifs is 3. The number of carboxylic acid groups (broad SMARTS) is 1. The smallest absolute Gasteiger partial charge is 0.414 e. The first-order valence-corrected chi connectivity index (χ1v) is 13.6. The predicted octanol–water partition coefficient (Wildman–Crippen LogP) is 2.49. The van der Waals surface area contributed by atoms with Gasteiger partial charge in [-0.15, -0.1) is 0 Å². The Kier molecular flexibility index (Phi) is 7.84. The third-order valence-electron chi connectivity index (χ3n) is 6.96. The normalized spacial score (nSPS) is 22.2. The highest BCUT2D eigenvalue weighted by Gasteiger charge is 2.51. The molecule has 2 aromatic rings. The molecule has 2 aromatic carbocycles. The number of carbonyl (C=O) groups is 3. The third kappa shape index (κ3) is 5.78. The number of hydrogen-bond acceptors (Lipinski definition) is 6. The summed E-state index contributed by atoms with van der Waals surface area (Å²) >= 11 is 0. The maximum absolute atomic E-state index is 13.5. The van der Waals surface area contributed by atoms with Crippen LogP contribution in [0.1, 0.15) is 31.2 Å². The molecule has 2 heterocycles. The molecule has 10 nitrogen and oxygen atoms in total. The molecule has 2 N–H and O–H groups in total. The summed E-state index contributed by atoms with van der Waals surface area (Å²) in [5, 5.41) is 12.4. The summed E-state index contributed by atoms with van der Waals surface area (Å²) in [7, 11) is -0.829. The van der Waals surface area contributed by atoms with Crippen molar-refractivity contribution < 1.29 is 32.6 Å². The Bertz CT molecular complexity index is 1240. The van der Waals surface area contributed by atoms with E-state index in [2.05, 4.69) is 5.32 Å². The number of sulfonamides is 1. The van der Waals surface area contributed by atoms with Gasteiger partial charge in [0.05, 0.1) is 4.90 Å². The van der Waals surface area contributed by atoms with E-state index >= 15 is 0 Å². The van der Waals surface area contributed by atoms with Crippen molar-refractivity contribution in [3.8, 4) is 5.75 Å². The first-order chi connectivity index (χ1) is 17.6. The number of nitrogens with zero attached hydrogens (tertiary/aromatic N) is 2. The third-order valence-corrected chi connectivity index (χ3v) is 8.91. The minimum atomic E-state index is -3.94. The van der Waals surface area contributed by atoms with E-state index in [1.165, 1.54) is 21.3 Å². The topological polar surface area (TPSA) is 133 Å². The Morgan fingerprint density at radius 3 is 2.22 bits per heavy atom. The zero-order valence-corrected chi connectivity index (χ0v) is 21.6. The fourth-order valence-electron chi connectivity index (χ4n) is 5.07. The molecule has 5 rings (SSSR count). The van der Waals surface area contributed by atoms with Crippen LogP contribution in [0.4, 0.5) is 4.79 Å². The monoisotopic (exact) mass is 529 g/mol. The van der Waals surface area contributed by atoms with Crippen LogP contribution in [0, 0.1) is 5.92 Å². The number of amides is 2. The van der Waals surface area contributed by atoms with Gasteiger partial charge < -0.3 is 20.1 Å². The predicted molar refractivity (Wildman–Crippen MR) is 134 cm³/mol. The number of carboxylic acids is 1. The number of rotatable bonds is 8. The van der Waals surface area contributed by atoms with Crippen LogP contribution in [0.15, 0.2) is 59.5 Å². The van der Waals surface area contributed by atoms with Crippen LogP contribution in [0.25, 0.3) is 0 Å². The van der Waals surface area contributed by atoms with E-state index in [1.54, 1.807) is 56.6 Å². The molecule has 2 saturated heterocycles. The Morgan fingerprint density at radius 2 is 1.65 bits per heavy atom. The number of ether oxygens (including phenoxy) is 1. The van der Waals surface area contributed by atoms with Gasteiger partial charge in [0, 0.05) is 26.6 Å². The van der Waals surface area contributed by atoms with Crippen molar-refractivity contribution in [2.75, 3.05) is 14.1 Å². The first kappa shape index (κ1) is 26.6. The number of piperidine rings is 2. The van der Waals surface area contributed by atoms with Gasteiger partial charge in [-0.1, -0.05) is 30.3 Å². The van der Waals surface area contributed by atoms with Gasteiger partial charge in [0.2, 0.25) is 15.9 Å². The molecule has 11 heteroatoms. The van der Waals surface area contributed by atoms with Crippen LogP contribution in [0.2, 0.25) is 0 Å². The van der Waals surface area contributed by atoms with Gasteiger partial charge >= 0.3 is 12.1 Å². The van der Waals surface area contributed by atoms with Gasteiger partial charge in [-0.05, 0) is 61.4 Å². The molecule has 198 valence electrons. The van der Waals surface area contributed by atoms with Crippen molar-refractivity contribution in [1.29, 1.82) is 0 Å². The van der Waals surface area contributed by atoms with E-state index in [4.69, 9.17) is 4.74 Å². The number of nitrogens with one attached hydrogen (secondary N) is 1. The lowest BCUT2D eigenvalue weighted by molar-refractivity contribution is -0.143. The Hall–Kier alpha value is -3.44. The van der Waals surface area contributed by atoms with Crippen LogP contribution in [-0.2, 0) is 26.0 Å². The second kappa shape index (κ2) is 10.9. The van der Waals surface area contributed by atoms with Crippen LogP contribution >= 0.6 is 0 Å². The number of aliphatic carboxylic acids is 1. The van der Waals surface area contributed by atoms with Gasteiger partial charge in [-0.2, -0.15) is 4.31 Å². The quantitative estimate of drug-likeness (QED) is 0.537. The molecule has 2 aliphatic heterocycles. The van der Waals surface area contributed by atoms with Crippen molar-refractivity contribution in [3.05, 3.63) is 60.2 Å². The molecular formula is C26H31N3O7S. The summed E-state index contributed by atoms with van der Waals surface area (Å²) in [5.41, 5.74) is 0.608. The lowest BCUT2D eigenvalue weighted by Gasteiger charge is -2.49. The average Bonchev–Trinajstić information content (AvgIpc) is 2.89. The van der Waals surface area contributed by atoms with E-state index in [-0.39, 0.29) is 23.3 Å². The second-order valence-corrected chi connectivity index (χ2v) is 11.5. The molecule has 2 amide bonds. The fourth-order valence-corrected chi connectivity index (χ4v) is 6.99. The molecule has 2 atom stereocenters. The van der Waals surface area contributed by atoms with Gasteiger partial charge in [0.15, 0.2) is 0 Å². The van der Waals surface area contributed by atoms with Gasteiger partial charge in [0.25, 0.3) is 0 Å². The molecule has 1 saturated carbocycles. The molecule has 2 bridgehead atoms. The van der Waals surface area contributed by atoms with E-state index in [9.17, 15) is 27.9 Å². The highest BCUT2D eigenvalue weighted by atomic mass is 32.2. The highest BCUT2D eigenvalue weighted by molar-refractivity contribution is 7.89. The van der Waals surface area contributed by atoms with Gasteiger partial charge in [-0.25, -0.2) is 18.0 Å². The van der Waals surface area contributed by atoms with Crippen molar-refractivity contribution in [2.45, 2.75) is 55.1 Å². The van der Waals surface area contributed by atoms with E-state index in [1.807, 2.05) is 0 Å². The molecule has 0 aromatic heterocycles. The Labute approximate surface area is 216 Å². The molecule has 0 spiro atoms. The molecule has 3 aliphatic rings. The summed E-state index contributed by atoms with van der Waals surface area (Å²) in [6, 6.07) is 11.8. The maximum atomic E-state index is 13.5. The number of benzene rings is 2. The maximum Gasteiger partial charge on any atom is 0.414 e. The molecule has 0 unspecified atom stereocenters. The summed E-state index contributed by atoms with van der Waals surface area (Å²) < 4.78 is 33.6. The SMILES string of the molecule is CN(C)C(=O)Oc1ccc(C[C@H](NC(=O)[C@@H]2C3CCC(CC3)N2S(=O)(=O)c2ccccc2)C(=O)O)cc1. The van der Waals surface area contributed by atoms with Crippen molar-refractivity contribution in [3.63, 3.8) is 0 Å². The summed E-state index contributed by atoms with van der Waals surface area (Å²) in [4.78, 5) is 38.6. The van der Waals surface area contributed by atoms with Crippen LogP contribution in [0.3, 0.4) is 0 Å². The lowest BCUT2D eigenvalue weighted by atomic mass is 9.76. The van der Waals surface area contributed by atoms with Crippen molar-refractivity contribution in [1.82, 2.24) is 14.5 Å². The van der Waals surface area contributed by atoms with E-state index in [0.29, 0.717) is 37.0 Å². The zero-order chi connectivity index (χ0) is 26.7. The average molecular weight is 530 g/mol. The standard InChI is InChI=1S/C26H31N3O7S/c1-28(2)26(33)36-20-14-8-17(9-15-20)16-22(25(31)32)27-24(30)23-18-10-12-19(13-11-18)29(23)37(34,35)21-6-4-3-5-7-21/h3-9,14-15,18-19,22-23H,10-13,16H2,1-2H3,(H,27,30)(H,31,32)/t18?,19?,22-,23-/m0/s1. The highest BCUT2D eigenvalue weighted by Crippen LogP contribution is 2.42. The van der Waals surface area contributed by atoms with Crippen LogP contribution < -0.4 is 10.1 Å². The summed E-state index contributed by atoms with van der Waals surface area (Å²) in [6.45, 7) is 0. The van der Waals surface area contributed by atoms with Crippen LogP contribution in [0.5, 0.6) is 5.75 Å². The molecule has 3 fully saturated rings. The minimum absolute atomic E-state index is 0.0186. The second-order valence-electron chi connectivity index (χ2n) is 9.67. The van der Waals surface area contributed by atoms with Crippen molar-refractivity contribution in [2.24, 2.45) is 5.92 Å². The molecule has 37 heavy (non-hydrogen) atoms. The molecular weight excluding hydrogens is 498 g/mol. The minimum Gasteiger partial charge on any atom is -0.480 e. The number of carbonyl (C=O) groups excluding carboxylic acids is 2. The summed E-state index contributed by atoms with van der Waals surface area (Å²) in [6.07, 6.45) is 2.22.